The summed E-state index contributed by atoms with van der Waals surface area (Å²) in [4.78, 5) is 1.32. The van der Waals surface area contributed by atoms with Gasteiger partial charge in [0.1, 0.15) is 0 Å². The Kier molecular flexibility index (Phi) is 3.90. The van der Waals surface area contributed by atoms with Gasteiger partial charge in [-0.15, -0.1) is 11.8 Å². The van der Waals surface area contributed by atoms with Crippen LogP contribution in [0.2, 0.25) is 0 Å². The second-order valence-electron chi connectivity index (χ2n) is 6.43. The van der Waals surface area contributed by atoms with Crippen molar-refractivity contribution in [2.24, 2.45) is 11.0 Å². The molecule has 0 unspecified atom stereocenters. The predicted molar refractivity (Wildman–Crippen MR) is 98.1 cm³/mol. The first-order valence-electron chi connectivity index (χ1n) is 8.31. The molecule has 2 atom stereocenters. The molecule has 1 aliphatic heterocycles. The normalized spacial score (nSPS) is 23.0. The monoisotopic (exact) mass is 322 g/mol. The molecule has 1 heterocycles. The largest absolute Gasteiger partial charge is 0.292 e. The van der Waals surface area contributed by atoms with Crippen LogP contribution in [0, 0.1) is 5.92 Å². The molecule has 118 valence electrons. The van der Waals surface area contributed by atoms with Crippen LogP contribution >= 0.6 is 11.8 Å². The molecule has 0 saturated carbocycles. The number of rotatable bonds is 2. The average molecular weight is 322 g/mol. The minimum Gasteiger partial charge on any atom is -0.292 e. The lowest BCUT2D eigenvalue weighted by Crippen LogP contribution is -2.23. The van der Waals surface area contributed by atoms with Gasteiger partial charge in [0.15, 0.2) is 0 Å². The number of fused-ring (bicyclic) bond motifs is 3. The van der Waals surface area contributed by atoms with Crippen LogP contribution in [0.5, 0.6) is 0 Å². The van der Waals surface area contributed by atoms with Crippen LogP contribution in [-0.2, 0) is 6.42 Å². The Labute approximate surface area is 142 Å². The molecule has 0 spiro atoms. The van der Waals surface area contributed by atoms with Crippen molar-refractivity contribution >= 4 is 17.5 Å². The molecular weight excluding hydrogens is 300 g/mol. The molecule has 1 aliphatic carbocycles. The number of nitrogens with zero attached hydrogens (tertiary/aromatic N) is 2. The smallest absolute Gasteiger partial charge is 0.0801 e. The van der Waals surface area contributed by atoms with Crippen LogP contribution in [0.1, 0.15) is 35.6 Å². The van der Waals surface area contributed by atoms with E-state index in [4.69, 9.17) is 5.10 Å². The topological polar surface area (TPSA) is 15.6 Å². The Morgan fingerprint density at radius 1 is 1.09 bits per heavy atom. The van der Waals surface area contributed by atoms with Crippen LogP contribution in [0.4, 0.5) is 0 Å². The summed E-state index contributed by atoms with van der Waals surface area (Å²) in [6.45, 7) is 0. The van der Waals surface area contributed by atoms with Gasteiger partial charge >= 0.3 is 0 Å². The Morgan fingerprint density at radius 2 is 1.87 bits per heavy atom. The molecule has 23 heavy (non-hydrogen) atoms. The van der Waals surface area contributed by atoms with Gasteiger partial charge in [-0.1, -0.05) is 36.4 Å². The molecule has 2 aromatic rings. The van der Waals surface area contributed by atoms with Crippen molar-refractivity contribution in [3.8, 4) is 0 Å². The zero-order chi connectivity index (χ0) is 15.8. The van der Waals surface area contributed by atoms with Gasteiger partial charge in [-0.2, -0.15) is 5.10 Å². The summed E-state index contributed by atoms with van der Waals surface area (Å²) >= 11 is 1.80. The fraction of sp³-hybridized carbons (Fsp3) is 0.350. The summed E-state index contributed by atoms with van der Waals surface area (Å²) in [5.74, 6) is 0.503. The highest BCUT2D eigenvalue weighted by Crippen LogP contribution is 2.41. The summed E-state index contributed by atoms with van der Waals surface area (Å²) in [7, 11) is 2.12. The molecule has 2 aliphatic rings. The van der Waals surface area contributed by atoms with E-state index in [-0.39, 0.29) is 0 Å². The van der Waals surface area contributed by atoms with Gasteiger partial charge in [-0.25, -0.2) is 0 Å². The summed E-state index contributed by atoms with van der Waals surface area (Å²) in [5.41, 5.74) is 5.50. The van der Waals surface area contributed by atoms with Crippen LogP contribution < -0.4 is 0 Å². The molecule has 0 saturated heterocycles. The molecule has 0 radical (unpaired) electrons. The number of hydrazone groups is 1. The Bertz CT molecular complexity index is 736. The third-order valence-corrected chi connectivity index (χ3v) is 5.86. The van der Waals surface area contributed by atoms with E-state index in [0.717, 1.165) is 0 Å². The fourth-order valence-corrected chi connectivity index (χ4v) is 4.42. The van der Waals surface area contributed by atoms with E-state index < -0.39 is 0 Å². The predicted octanol–water partition coefficient (Wildman–Crippen LogP) is 4.75. The van der Waals surface area contributed by atoms with Gasteiger partial charge in [0.25, 0.3) is 0 Å². The zero-order valence-corrected chi connectivity index (χ0v) is 14.5. The molecule has 3 heteroatoms. The number of benzene rings is 2. The molecule has 0 amide bonds. The van der Waals surface area contributed by atoms with Crippen molar-refractivity contribution in [1.82, 2.24) is 5.01 Å². The third kappa shape index (κ3) is 2.57. The molecule has 2 aromatic carbocycles. The first-order chi connectivity index (χ1) is 11.3. The van der Waals surface area contributed by atoms with E-state index in [1.54, 1.807) is 11.8 Å². The molecular formula is C20H22N2S. The first kappa shape index (κ1) is 14.8. The van der Waals surface area contributed by atoms with Gasteiger partial charge in [-0.3, -0.25) is 5.01 Å². The average Bonchev–Trinajstić information content (AvgIpc) is 2.81. The minimum absolute atomic E-state index is 0.368. The minimum atomic E-state index is 0.368. The quantitative estimate of drug-likeness (QED) is 0.741. The highest BCUT2D eigenvalue weighted by molar-refractivity contribution is 7.98. The van der Waals surface area contributed by atoms with E-state index in [0.29, 0.717) is 12.0 Å². The summed E-state index contributed by atoms with van der Waals surface area (Å²) < 4.78 is 0. The molecule has 4 rings (SSSR count). The number of hydrogen-bond acceptors (Lipinski definition) is 3. The molecule has 0 N–H and O–H groups in total. The number of aryl methyl sites for hydroxylation is 1. The summed E-state index contributed by atoms with van der Waals surface area (Å²) in [5, 5.41) is 7.13. The van der Waals surface area contributed by atoms with E-state index >= 15 is 0 Å². The van der Waals surface area contributed by atoms with Crippen LogP contribution in [0.15, 0.2) is 58.5 Å². The molecule has 2 nitrogen and oxygen atoms in total. The van der Waals surface area contributed by atoms with Crippen LogP contribution in [0.3, 0.4) is 0 Å². The lowest BCUT2D eigenvalue weighted by Gasteiger charge is -2.25. The van der Waals surface area contributed by atoms with E-state index in [9.17, 15) is 0 Å². The second kappa shape index (κ2) is 6.04. The Morgan fingerprint density at radius 3 is 2.65 bits per heavy atom. The van der Waals surface area contributed by atoms with Gasteiger partial charge in [-0.05, 0) is 48.8 Å². The number of thioether (sulfide) groups is 1. The van der Waals surface area contributed by atoms with Crippen molar-refractivity contribution in [3.63, 3.8) is 0 Å². The van der Waals surface area contributed by atoms with E-state index in [1.807, 2.05) is 0 Å². The SMILES string of the molecule is CSc1ccc([C@@H]2[C@@H]3CCCc4ccccc4C3=NN2C)cc1. The van der Waals surface area contributed by atoms with Crippen LogP contribution in [-0.4, -0.2) is 24.0 Å². The van der Waals surface area contributed by atoms with Gasteiger partial charge < -0.3 is 0 Å². The maximum Gasteiger partial charge on any atom is 0.0801 e. The Hall–Kier alpha value is -1.74. The second-order valence-corrected chi connectivity index (χ2v) is 7.31. The van der Waals surface area contributed by atoms with Crippen LogP contribution in [0.25, 0.3) is 0 Å². The summed E-state index contributed by atoms with van der Waals surface area (Å²) in [6.07, 6.45) is 5.76. The highest BCUT2D eigenvalue weighted by atomic mass is 32.2. The number of hydrogen-bond donors (Lipinski definition) is 0. The standard InChI is InChI=1S/C20H22N2S/c1-22-20(15-10-12-16(23-2)13-11-15)18-9-5-7-14-6-3-4-8-17(14)19(18)21-22/h3-4,6,8,10-13,18,20H,5,7,9H2,1-2H3/t18-,20-/m1/s1. The van der Waals surface area contributed by atoms with E-state index in [2.05, 4.69) is 66.8 Å². The molecule has 0 aromatic heterocycles. The van der Waals surface area contributed by atoms with Gasteiger partial charge in [0.05, 0.1) is 11.8 Å². The van der Waals surface area contributed by atoms with Crippen molar-refractivity contribution < 1.29 is 0 Å². The Balaban J connectivity index is 1.72. The first-order valence-corrected chi connectivity index (χ1v) is 9.54. The van der Waals surface area contributed by atoms with E-state index in [1.165, 1.54) is 46.6 Å². The van der Waals surface area contributed by atoms with Crippen molar-refractivity contribution in [1.29, 1.82) is 0 Å². The van der Waals surface area contributed by atoms with Crippen molar-refractivity contribution in [2.45, 2.75) is 30.2 Å². The molecule has 0 fully saturated rings. The fourth-order valence-electron chi connectivity index (χ4n) is 4.01. The highest BCUT2D eigenvalue weighted by Gasteiger charge is 2.38. The van der Waals surface area contributed by atoms with Gasteiger partial charge in [0.2, 0.25) is 0 Å². The maximum atomic E-state index is 4.96. The zero-order valence-electron chi connectivity index (χ0n) is 13.7. The molecule has 0 bridgehead atoms. The maximum absolute atomic E-state index is 4.96. The third-order valence-electron chi connectivity index (χ3n) is 5.11. The summed E-state index contributed by atoms with van der Waals surface area (Å²) in [6, 6.07) is 18.2. The lowest BCUT2D eigenvalue weighted by atomic mass is 9.85. The van der Waals surface area contributed by atoms with Crippen molar-refractivity contribution in [3.05, 3.63) is 65.2 Å². The lowest BCUT2D eigenvalue weighted by molar-refractivity contribution is 0.243. The van der Waals surface area contributed by atoms with Crippen molar-refractivity contribution in [2.75, 3.05) is 13.3 Å². The van der Waals surface area contributed by atoms with Gasteiger partial charge in [0, 0.05) is 23.4 Å².